The number of hydrogen-bond donors (Lipinski definition) is 0. The number of aromatic nitrogens is 4. The summed E-state index contributed by atoms with van der Waals surface area (Å²) in [4.78, 5) is 4.47. The van der Waals surface area contributed by atoms with E-state index in [1.54, 1.807) is 0 Å². The van der Waals surface area contributed by atoms with Crippen LogP contribution in [0.1, 0.15) is 47.9 Å². The van der Waals surface area contributed by atoms with E-state index in [0.29, 0.717) is 19.0 Å². The third kappa shape index (κ3) is 2.35. The van der Waals surface area contributed by atoms with Crippen LogP contribution in [-0.4, -0.2) is 33.1 Å². The molecule has 3 heterocycles. The fourth-order valence-corrected chi connectivity index (χ4v) is 2.76. The Hall–Kier alpha value is -1.69. The van der Waals surface area contributed by atoms with Crippen molar-refractivity contribution in [1.29, 1.82) is 0 Å². The van der Waals surface area contributed by atoms with Crippen LogP contribution in [0.3, 0.4) is 0 Å². The maximum atomic E-state index is 5.35. The third-order valence-electron chi connectivity index (χ3n) is 3.95. The second-order valence-electron chi connectivity index (χ2n) is 5.27. The van der Waals surface area contributed by atoms with Gasteiger partial charge in [0.15, 0.2) is 5.82 Å². The van der Waals surface area contributed by atoms with E-state index in [2.05, 4.69) is 29.1 Å². The van der Waals surface area contributed by atoms with Crippen LogP contribution >= 0.6 is 0 Å². The maximum Gasteiger partial charge on any atom is 0.248 e. The molecule has 1 aliphatic rings. The Bertz CT molecular complexity index is 596. The smallest absolute Gasteiger partial charge is 0.248 e. The van der Waals surface area contributed by atoms with E-state index < -0.39 is 0 Å². The normalized spacial score (nSPS) is 18.9. The van der Waals surface area contributed by atoms with Crippen LogP contribution in [0.4, 0.5) is 0 Å². The van der Waals surface area contributed by atoms with Gasteiger partial charge in [0.05, 0.1) is 12.3 Å². The summed E-state index contributed by atoms with van der Waals surface area (Å²) in [5.74, 6) is 1.65. The van der Waals surface area contributed by atoms with Gasteiger partial charge in [-0.15, -0.1) is 0 Å². The molecule has 0 aromatic carbocycles. The monoisotopic (exact) mass is 276 g/mol. The first kappa shape index (κ1) is 13.3. The fourth-order valence-electron chi connectivity index (χ4n) is 2.76. The average molecular weight is 276 g/mol. The number of hydrogen-bond acceptors (Lipinski definition) is 5. The second kappa shape index (κ2) is 5.36. The zero-order valence-corrected chi connectivity index (χ0v) is 12.2. The van der Waals surface area contributed by atoms with Gasteiger partial charge in [0.25, 0.3) is 0 Å². The van der Waals surface area contributed by atoms with Crippen molar-refractivity contribution in [2.45, 2.75) is 46.1 Å². The Morgan fingerprint density at radius 2 is 2.20 bits per heavy atom. The van der Waals surface area contributed by atoms with Crippen molar-refractivity contribution in [2.24, 2.45) is 0 Å². The van der Waals surface area contributed by atoms with Crippen LogP contribution in [0.2, 0.25) is 0 Å². The third-order valence-corrected chi connectivity index (χ3v) is 3.95. The molecule has 1 fully saturated rings. The highest BCUT2D eigenvalue weighted by molar-refractivity contribution is 5.24. The lowest BCUT2D eigenvalue weighted by atomic mass is 10.1. The summed E-state index contributed by atoms with van der Waals surface area (Å²) in [6.45, 7) is 8.28. The molecular formula is C14H20N4O2. The van der Waals surface area contributed by atoms with Gasteiger partial charge in [0.2, 0.25) is 5.89 Å². The minimum Gasteiger partial charge on any atom is -0.381 e. The Morgan fingerprint density at radius 3 is 2.85 bits per heavy atom. The van der Waals surface area contributed by atoms with Gasteiger partial charge in [0, 0.05) is 18.2 Å². The number of nitrogens with zero attached hydrogens (tertiary/aromatic N) is 4. The standard InChI is InChI=1S/C14H20N4O2/c1-4-12-9(2)16-18(10(12)3)7-13-15-14(17-20-13)11-5-6-19-8-11/h11H,4-8H2,1-3H3/t11-/m0/s1. The van der Waals surface area contributed by atoms with Crippen molar-refractivity contribution in [3.8, 4) is 0 Å². The summed E-state index contributed by atoms with van der Waals surface area (Å²) in [5, 5.41) is 8.61. The highest BCUT2D eigenvalue weighted by atomic mass is 16.5. The van der Waals surface area contributed by atoms with Gasteiger partial charge >= 0.3 is 0 Å². The van der Waals surface area contributed by atoms with Gasteiger partial charge < -0.3 is 9.26 Å². The van der Waals surface area contributed by atoms with Gasteiger partial charge in [0.1, 0.15) is 6.54 Å². The van der Waals surface area contributed by atoms with Crippen molar-refractivity contribution in [1.82, 2.24) is 19.9 Å². The molecular weight excluding hydrogens is 256 g/mol. The Labute approximate surface area is 118 Å². The summed E-state index contributed by atoms with van der Waals surface area (Å²) in [7, 11) is 0. The van der Waals surface area contributed by atoms with E-state index in [0.717, 1.165) is 31.0 Å². The zero-order valence-electron chi connectivity index (χ0n) is 12.2. The highest BCUT2D eigenvalue weighted by Crippen LogP contribution is 2.23. The van der Waals surface area contributed by atoms with Crippen molar-refractivity contribution < 1.29 is 9.26 Å². The van der Waals surface area contributed by atoms with Crippen LogP contribution in [0.15, 0.2) is 4.52 Å². The molecule has 108 valence electrons. The van der Waals surface area contributed by atoms with Gasteiger partial charge in [-0.25, -0.2) is 0 Å². The predicted octanol–water partition coefficient (Wildman–Crippen LogP) is 2.00. The summed E-state index contributed by atoms with van der Waals surface area (Å²) < 4.78 is 12.6. The molecule has 6 nitrogen and oxygen atoms in total. The summed E-state index contributed by atoms with van der Waals surface area (Å²) in [5.41, 5.74) is 3.55. The Morgan fingerprint density at radius 1 is 1.35 bits per heavy atom. The summed E-state index contributed by atoms with van der Waals surface area (Å²) in [6, 6.07) is 0. The van der Waals surface area contributed by atoms with E-state index in [4.69, 9.17) is 9.26 Å². The largest absolute Gasteiger partial charge is 0.381 e. The summed E-state index contributed by atoms with van der Waals surface area (Å²) in [6.07, 6.45) is 1.96. The molecule has 0 amide bonds. The minimum absolute atomic E-state index is 0.277. The lowest BCUT2D eigenvalue weighted by Gasteiger charge is -2.01. The van der Waals surface area contributed by atoms with Crippen LogP contribution in [0, 0.1) is 13.8 Å². The number of rotatable bonds is 4. The Kier molecular flexibility index (Phi) is 3.56. The van der Waals surface area contributed by atoms with Crippen LogP contribution in [0.25, 0.3) is 0 Å². The molecule has 0 N–H and O–H groups in total. The lowest BCUT2D eigenvalue weighted by Crippen LogP contribution is -2.05. The molecule has 3 rings (SSSR count). The second-order valence-corrected chi connectivity index (χ2v) is 5.27. The number of ether oxygens (including phenoxy) is 1. The van der Waals surface area contributed by atoms with E-state index in [9.17, 15) is 0 Å². The van der Waals surface area contributed by atoms with Gasteiger partial charge in [-0.3, -0.25) is 4.68 Å². The van der Waals surface area contributed by atoms with Gasteiger partial charge in [-0.1, -0.05) is 12.1 Å². The quantitative estimate of drug-likeness (QED) is 0.854. The maximum absolute atomic E-state index is 5.35. The SMILES string of the molecule is CCc1c(C)nn(Cc2nc([C@H]3CCOC3)no2)c1C. The van der Waals surface area contributed by atoms with Gasteiger partial charge in [-0.2, -0.15) is 10.1 Å². The first-order valence-corrected chi connectivity index (χ1v) is 7.12. The molecule has 2 aromatic heterocycles. The van der Waals surface area contributed by atoms with Crippen LogP contribution in [0.5, 0.6) is 0 Å². The van der Waals surface area contributed by atoms with Crippen LogP contribution in [-0.2, 0) is 17.7 Å². The summed E-state index contributed by atoms with van der Waals surface area (Å²) >= 11 is 0. The lowest BCUT2D eigenvalue weighted by molar-refractivity contribution is 0.192. The van der Waals surface area contributed by atoms with E-state index in [1.807, 2.05) is 11.6 Å². The molecule has 0 unspecified atom stereocenters. The molecule has 6 heteroatoms. The van der Waals surface area contributed by atoms with E-state index >= 15 is 0 Å². The first-order chi connectivity index (χ1) is 9.69. The van der Waals surface area contributed by atoms with E-state index in [-0.39, 0.29) is 5.92 Å². The molecule has 0 spiro atoms. The Balaban J connectivity index is 1.78. The molecule has 0 aliphatic carbocycles. The molecule has 0 bridgehead atoms. The molecule has 1 aliphatic heterocycles. The van der Waals surface area contributed by atoms with Gasteiger partial charge in [-0.05, 0) is 32.3 Å². The zero-order chi connectivity index (χ0) is 14.1. The van der Waals surface area contributed by atoms with E-state index in [1.165, 1.54) is 11.3 Å². The molecule has 1 atom stereocenters. The van der Waals surface area contributed by atoms with Crippen molar-refractivity contribution in [3.63, 3.8) is 0 Å². The minimum atomic E-state index is 0.277. The molecule has 20 heavy (non-hydrogen) atoms. The molecule has 1 saturated heterocycles. The number of aryl methyl sites for hydroxylation is 1. The fraction of sp³-hybridized carbons (Fsp3) is 0.643. The highest BCUT2D eigenvalue weighted by Gasteiger charge is 2.23. The van der Waals surface area contributed by atoms with Crippen molar-refractivity contribution in [3.05, 3.63) is 28.7 Å². The predicted molar refractivity (Wildman–Crippen MR) is 72.7 cm³/mol. The topological polar surface area (TPSA) is 66.0 Å². The van der Waals surface area contributed by atoms with Crippen LogP contribution < -0.4 is 0 Å². The van der Waals surface area contributed by atoms with Crippen molar-refractivity contribution in [2.75, 3.05) is 13.2 Å². The molecule has 0 radical (unpaired) electrons. The molecule has 0 saturated carbocycles. The first-order valence-electron chi connectivity index (χ1n) is 7.12. The van der Waals surface area contributed by atoms with Crippen molar-refractivity contribution >= 4 is 0 Å². The average Bonchev–Trinajstić information content (AvgIpc) is 3.12. The molecule has 2 aromatic rings.